The summed E-state index contributed by atoms with van der Waals surface area (Å²) in [7, 11) is 2.03. The second-order valence-electron chi connectivity index (χ2n) is 5.92. The Bertz CT molecular complexity index is 430. The zero-order valence-corrected chi connectivity index (χ0v) is 14.5. The monoisotopic (exact) mass is 346 g/mol. The number of aromatic nitrogens is 2. The fourth-order valence-corrected chi connectivity index (χ4v) is 4.17. The van der Waals surface area contributed by atoms with Crippen LogP contribution in [0, 0.1) is 18.8 Å². The molecule has 1 saturated carbocycles. The second kappa shape index (κ2) is 6.62. The van der Waals surface area contributed by atoms with Crippen LogP contribution in [0.25, 0.3) is 0 Å². The van der Waals surface area contributed by atoms with Gasteiger partial charge in [0.05, 0.1) is 15.9 Å². The Hall–Kier alpha value is -0.0200. The van der Waals surface area contributed by atoms with Crippen LogP contribution in [0.15, 0.2) is 4.47 Å². The highest BCUT2D eigenvalue weighted by Crippen LogP contribution is 2.38. The van der Waals surface area contributed by atoms with Crippen molar-refractivity contribution < 1.29 is 0 Å². The summed E-state index contributed by atoms with van der Waals surface area (Å²) in [6, 6.07) is 0. The first-order valence-corrected chi connectivity index (χ1v) is 8.57. The molecule has 0 spiro atoms. The van der Waals surface area contributed by atoms with Gasteiger partial charge in [-0.3, -0.25) is 4.68 Å². The van der Waals surface area contributed by atoms with Crippen LogP contribution in [0.5, 0.6) is 0 Å². The number of hydrogen-bond donors (Lipinski definition) is 0. The third-order valence-electron chi connectivity index (χ3n) is 4.41. The average Bonchev–Trinajstić information content (AvgIpc) is 2.60. The summed E-state index contributed by atoms with van der Waals surface area (Å²) in [6.07, 6.45) is 7.45. The number of rotatable bonds is 4. The first-order valence-electron chi connectivity index (χ1n) is 7.35. The van der Waals surface area contributed by atoms with Gasteiger partial charge in [-0.1, -0.05) is 19.8 Å². The summed E-state index contributed by atoms with van der Waals surface area (Å²) < 4.78 is 3.17. The van der Waals surface area contributed by atoms with Crippen LogP contribution in [0.1, 0.15) is 50.4 Å². The summed E-state index contributed by atoms with van der Waals surface area (Å²) in [5.74, 6) is 1.47. The van der Waals surface area contributed by atoms with Gasteiger partial charge in [-0.15, -0.1) is 11.6 Å². The summed E-state index contributed by atoms with van der Waals surface area (Å²) in [5.41, 5.74) is 2.37. The standard InChI is InChI=1S/C15H24BrClN2/c1-4-5-11-6-7-13(17)12(8-11)9-14-15(16)10(2)18-19(14)3/h11-13H,4-9H2,1-3H3. The van der Waals surface area contributed by atoms with Gasteiger partial charge in [-0.05, 0) is 60.4 Å². The van der Waals surface area contributed by atoms with Gasteiger partial charge in [0, 0.05) is 12.4 Å². The second-order valence-corrected chi connectivity index (χ2v) is 7.27. The lowest BCUT2D eigenvalue weighted by atomic mass is 9.77. The molecule has 0 N–H and O–H groups in total. The molecule has 2 nitrogen and oxygen atoms in total. The van der Waals surface area contributed by atoms with Gasteiger partial charge < -0.3 is 0 Å². The molecule has 2 rings (SSSR count). The van der Waals surface area contributed by atoms with Crippen molar-refractivity contribution in [2.24, 2.45) is 18.9 Å². The minimum absolute atomic E-state index is 0.329. The van der Waals surface area contributed by atoms with E-state index in [1.54, 1.807) is 0 Å². The molecular weight excluding hydrogens is 324 g/mol. The molecule has 1 aliphatic rings. The number of aryl methyl sites for hydroxylation is 2. The maximum atomic E-state index is 6.56. The van der Waals surface area contributed by atoms with Crippen LogP contribution < -0.4 is 0 Å². The van der Waals surface area contributed by atoms with Gasteiger partial charge in [0.1, 0.15) is 0 Å². The van der Waals surface area contributed by atoms with Crippen LogP contribution in [0.2, 0.25) is 0 Å². The third-order valence-corrected chi connectivity index (χ3v) is 6.02. The summed E-state index contributed by atoms with van der Waals surface area (Å²) in [6.45, 7) is 4.33. The van der Waals surface area contributed by atoms with Crippen molar-refractivity contribution in [3.8, 4) is 0 Å². The summed E-state index contributed by atoms with van der Waals surface area (Å²) in [4.78, 5) is 0. The smallest absolute Gasteiger partial charge is 0.0738 e. The lowest BCUT2D eigenvalue weighted by molar-refractivity contribution is 0.254. The van der Waals surface area contributed by atoms with Gasteiger partial charge in [0.2, 0.25) is 0 Å². The van der Waals surface area contributed by atoms with E-state index in [2.05, 4.69) is 28.0 Å². The van der Waals surface area contributed by atoms with Crippen molar-refractivity contribution in [3.05, 3.63) is 15.9 Å². The Morgan fingerprint density at radius 1 is 1.42 bits per heavy atom. The Kier molecular flexibility index (Phi) is 5.36. The van der Waals surface area contributed by atoms with Crippen molar-refractivity contribution in [2.75, 3.05) is 0 Å². The maximum absolute atomic E-state index is 6.56. The van der Waals surface area contributed by atoms with E-state index in [9.17, 15) is 0 Å². The molecule has 0 bridgehead atoms. The van der Waals surface area contributed by atoms with Gasteiger partial charge in [0.15, 0.2) is 0 Å². The molecule has 0 radical (unpaired) electrons. The Morgan fingerprint density at radius 2 is 2.16 bits per heavy atom. The van der Waals surface area contributed by atoms with Crippen LogP contribution in [-0.2, 0) is 13.5 Å². The highest BCUT2D eigenvalue weighted by atomic mass is 79.9. The molecule has 0 saturated heterocycles. The SMILES string of the molecule is CCCC1CCC(Cl)C(Cc2c(Br)c(C)nn2C)C1. The van der Waals surface area contributed by atoms with E-state index in [4.69, 9.17) is 11.6 Å². The molecule has 19 heavy (non-hydrogen) atoms. The molecule has 1 aromatic heterocycles. The molecule has 1 aliphatic carbocycles. The summed E-state index contributed by atoms with van der Waals surface area (Å²) in [5, 5.41) is 4.81. The molecule has 0 amide bonds. The minimum Gasteiger partial charge on any atom is -0.271 e. The quantitative estimate of drug-likeness (QED) is 0.711. The van der Waals surface area contributed by atoms with E-state index >= 15 is 0 Å². The predicted octanol–water partition coefficient (Wildman–Crippen LogP) is 4.86. The molecule has 1 aromatic rings. The Morgan fingerprint density at radius 3 is 2.74 bits per heavy atom. The zero-order chi connectivity index (χ0) is 14.0. The largest absolute Gasteiger partial charge is 0.271 e. The number of hydrogen-bond acceptors (Lipinski definition) is 1. The summed E-state index contributed by atoms with van der Waals surface area (Å²) >= 11 is 10.2. The normalized spacial score (nSPS) is 27.7. The predicted molar refractivity (Wildman–Crippen MR) is 84.7 cm³/mol. The van der Waals surface area contributed by atoms with E-state index in [1.807, 2.05) is 18.7 Å². The molecule has 1 heterocycles. The van der Waals surface area contributed by atoms with Crippen LogP contribution in [0.4, 0.5) is 0 Å². The van der Waals surface area contributed by atoms with Gasteiger partial charge in [0.25, 0.3) is 0 Å². The molecule has 1 fully saturated rings. The van der Waals surface area contributed by atoms with Crippen molar-refractivity contribution in [3.63, 3.8) is 0 Å². The molecule has 3 unspecified atom stereocenters. The number of alkyl halides is 1. The van der Waals surface area contributed by atoms with Crippen molar-refractivity contribution in [1.82, 2.24) is 9.78 Å². The fraction of sp³-hybridized carbons (Fsp3) is 0.800. The van der Waals surface area contributed by atoms with Crippen LogP contribution in [-0.4, -0.2) is 15.2 Å². The highest BCUT2D eigenvalue weighted by molar-refractivity contribution is 9.10. The van der Waals surface area contributed by atoms with Crippen LogP contribution >= 0.6 is 27.5 Å². The molecule has 0 aromatic carbocycles. The van der Waals surface area contributed by atoms with E-state index in [0.29, 0.717) is 11.3 Å². The first kappa shape index (κ1) is 15.4. The fourth-order valence-electron chi connectivity index (χ4n) is 3.36. The molecule has 4 heteroatoms. The lowest BCUT2D eigenvalue weighted by Crippen LogP contribution is -2.27. The topological polar surface area (TPSA) is 17.8 Å². The first-order chi connectivity index (χ1) is 9.02. The molecule has 108 valence electrons. The van der Waals surface area contributed by atoms with Gasteiger partial charge in [-0.2, -0.15) is 5.10 Å². The third kappa shape index (κ3) is 3.55. The minimum atomic E-state index is 0.329. The number of halogens is 2. The Balaban J connectivity index is 2.07. The average molecular weight is 348 g/mol. The van der Waals surface area contributed by atoms with Crippen LogP contribution in [0.3, 0.4) is 0 Å². The van der Waals surface area contributed by atoms with Gasteiger partial charge >= 0.3 is 0 Å². The highest BCUT2D eigenvalue weighted by Gasteiger charge is 2.30. The van der Waals surface area contributed by atoms with Gasteiger partial charge in [-0.25, -0.2) is 0 Å². The van der Waals surface area contributed by atoms with E-state index in [-0.39, 0.29) is 0 Å². The molecule has 3 atom stereocenters. The maximum Gasteiger partial charge on any atom is 0.0738 e. The van der Waals surface area contributed by atoms with E-state index < -0.39 is 0 Å². The zero-order valence-electron chi connectivity index (χ0n) is 12.1. The molecule has 0 aliphatic heterocycles. The van der Waals surface area contributed by atoms with Crippen molar-refractivity contribution >= 4 is 27.5 Å². The van der Waals surface area contributed by atoms with E-state index in [1.165, 1.54) is 37.8 Å². The Labute approximate surface area is 130 Å². The number of nitrogens with zero attached hydrogens (tertiary/aromatic N) is 2. The molecular formula is C15H24BrClN2. The van der Waals surface area contributed by atoms with Crippen molar-refractivity contribution in [2.45, 2.75) is 57.7 Å². The lowest BCUT2D eigenvalue weighted by Gasteiger charge is -2.33. The van der Waals surface area contributed by atoms with E-state index in [0.717, 1.165) is 22.5 Å². The van der Waals surface area contributed by atoms with Crippen molar-refractivity contribution in [1.29, 1.82) is 0 Å².